The highest BCUT2D eigenvalue weighted by molar-refractivity contribution is 7.89. The number of rotatable bonds is 3. The van der Waals surface area contributed by atoms with Crippen molar-refractivity contribution in [2.24, 2.45) is 0 Å². The molecule has 0 amide bonds. The second kappa shape index (κ2) is 6.54. The van der Waals surface area contributed by atoms with Gasteiger partial charge in [-0.3, -0.25) is 0 Å². The first-order chi connectivity index (χ1) is 12.1. The smallest absolute Gasteiger partial charge is 0.249 e. The van der Waals surface area contributed by atoms with Crippen LogP contribution in [-0.2, 0) is 14.8 Å². The summed E-state index contributed by atoms with van der Waals surface area (Å²) in [5, 5.41) is 0. The number of hydrogen-bond acceptors (Lipinski definition) is 6. The van der Waals surface area contributed by atoms with Crippen molar-refractivity contribution in [3.05, 3.63) is 12.4 Å². The minimum Gasteiger partial charge on any atom is -0.384 e. The van der Waals surface area contributed by atoms with Gasteiger partial charge in [0.2, 0.25) is 10.0 Å². The summed E-state index contributed by atoms with van der Waals surface area (Å²) in [6, 6.07) is 0.182. The second-order valence-corrected chi connectivity index (χ2v) is 8.50. The summed E-state index contributed by atoms with van der Waals surface area (Å²) in [6.07, 6.45) is 8.53. The fraction of sp³-hybridized carbons (Fsp3) is 0.625. The van der Waals surface area contributed by atoms with Gasteiger partial charge >= 0.3 is 0 Å². The van der Waals surface area contributed by atoms with E-state index in [1.807, 2.05) is 4.57 Å². The fourth-order valence-electron chi connectivity index (χ4n) is 3.89. The lowest BCUT2D eigenvalue weighted by atomic mass is 9.95. The van der Waals surface area contributed by atoms with Crippen molar-refractivity contribution in [2.75, 3.05) is 32.0 Å². The van der Waals surface area contributed by atoms with E-state index in [2.05, 4.69) is 9.97 Å². The minimum absolute atomic E-state index is 0.100. The molecule has 8 nitrogen and oxygen atoms in total. The fourth-order valence-corrected chi connectivity index (χ4v) is 5.53. The number of hydrogen-bond donors (Lipinski definition) is 1. The van der Waals surface area contributed by atoms with Gasteiger partial charge in [-0.1, -0.05) is 19.3 Å². The van der Waals surface area contributed by atoms with Crippen molar-refractivity contribution in [1.29, 1.82) is 0 Å². The Morgan fingerprint density at radius 2 is 1.76 bits per heavy atom. The first-order valence-corrected chi connectivity index (χ1v) is 10.2. The first kappa shape index (κ1) is 16.7. The summed E-state index contributed by atoms with van der Waals surface area (Å²) < 4.78 is 35.1. The first-order valence-electron chi connectivity index (χ1n) is 8.79. The van der Waals surface area contributed by atoms with Crippen LogP contribution in [0.25, 0.3) is 11.2 Å². The third-order valence-electron chi connectivity index (χ3n) is 5.12. The Hall–Kier alpha value is -1.71. The highest BCUT2D eigenvalue weighted by Crippen LogP contribution is 2.38. The molecule has 0 aromatic carbocycles. The van der Waals surface area contributed by atoms with Crippen LogP contribution < -0.4 is 5.73 Å². The van der Waals surface area contributed by atoms with E-state index in [-0.39, 0.29) is 16.8 Å². The van der Waals surface area contributed by atoms with Crippen LogP contribution in [0.2, 0.25) is 0 Å². The molecule has 4 rings (SSSR count). The standard InChI is InChI=1S/C16H23N5O3S/c17-15-14(25(22,23)20-8-10-24-11-9-20)13-16(19-7-6-18-13)21(15)12-4-2-1-3-5-12/h6-7,12H,1-5,8-11,17H2. The van der Waals surface area contributed by atoms with Crippen LogP contribution in [0.1, 0.15) is 38.1 Å². The highest BCUT2D eigenvalue weighted by Gasteiger charge is 2.35. The molecule has 136 valence electrons. The Labute approximate surface area is 147 Å². The molecule has 2 aromatic heterocycles. The van der Waals surface area contributed by atoms with Crippen molar-refractivity contribution in [3.8, 4) is 0 Å². The molecular weight excluding hydrogens is 342 g/mol. The van der Waals surface area contributed by atoms with Gasteiger partial charge in [-0.15, -0.1) is 0 Å². The molecule has 9 heteroatoms. The van der Waals surface area contributed by atoms with Gasteiger partial charge in [-0.25, -0.2) is 18.4 Å². The monoisotopic (exact) mass is 365 g/mol. The summed E-state index contributed by atoms with van der Waals surface area (Å²) in [5.41, 5.74) is 7.33. The number of morpholine rings is 1. The van der Waals surface area contributed by atoms with E-state index in [9.17, 15) is 8.42 Å². The Morgan fingerprint density at radius 1 is 1.08 bits per heavy atom. The summed E-state index contributed by atoms with van der Waals surface area (Å²) >= 11 is 0. The van der Waals surface area contributed by atoms with E-state index in [0.717, 1.165) is 25.7 Å². The number of anilines is 1. The zero-order chi connectivity index (χ0) is 17.4. The van der Waals surface area contributed by atoms with E-state index in [0.29, 0.717) is 37.5 Å². The molecule has 0 unspecified atom stereocenters. The van der Waals surface area contributed by atoms with Crippen molar-refractivity contribution in [2.45, 2.75) is 43.0 Å². The van der Waals surface area contributed by atoms with Gasteiger partial charge in [0.25, 0.3) is 0 Å². The maximum absolute atomic E-state index is 13.2. The van der Waals surface area contributed by atoms with E-state index in [4.69, 9.17) is 10.5 Å². The maximum Gasteiger partial charge on any atom is 0.249 e. The Kier molecular flexibility index (Phi) is 4.38. The molecule has 1 aliphatic carbocycles. The summed E-state index contributed by atoms with van der Waals surface area (Å²) in [6.45, 7) is 1.45. The minimum atomic E-state index is -3.73. The molecule has 1 aliphatic heterocycles. The third-order valence-corrected chi connectivity index (χ3v) is 7.09. The molecule has 2 aliphatic rings. The Morgan fingerprint density at radius 3 is 2.48 bits per heavy atom. The quantitative estimate of drug-likeness (QED) is 0.885. The SMILES string of the molecule is Nc1c(S(=O)(=O)N2CCOCC2)c2nccnc2n1C1CCCCC1. The van der Waals surface area contributed by atoms with Crippen LogP contribution >= 0.6 is 0 Å². The van der Waals surface area contributed by atoms with Crippen LogP contribution in [0.3, 0.4) is 0 Å². The predicted octanol–water partition coefficient (Wildman–Crippen LogP) is 1.54. The lowest BCUT2D eigenvalue weighted by Gasteiger charge is -2.27. The molecule has 2 aromatic rings. The number of nitrogens with zero attached hydrogens (tertiary/aromatic N) is 4. The van der Waals surface area contributed by atoms with Gasteiger partial charge in [-0.2, -0.15) is 4.31 Å². The molecule has 0 spiro atoms. The topological polar surface area (TPSA) is 103 Å². The van der Waals surface area contributed by atoms with Gasteiger partial charge < -0.3 is 15.0 Å². The van der Waals surface area contributed by atoms with Gasteiger partial charge in [0.15, 0.2) is 10.5 Å². The molecule has 0 atom stereocenters. The Balaban J connectivity index is 1.88. The average molecular weight is 365 g/mol. The highest BCUT2D eigenvalue weighted by atomic mass is 32.2. The molecule has 3 heterocycles. The van der Waals surface area contributed by atoms with Crippen LogP contribution in [-0.4, -0.2) is 53.6 Å². The van der Waals surface area contributed by atoms with Crippen LogP contribution in [0.4, 0.5) is 5.82 Å². The second-order valence-electron chi connectivity index (χ2n) is 6.62. The van der Waals surface area contributed by atoms with Gasteiger partial charge in [0.05, 0.1) is 13.2 Å². The number of ether oxygens (including phenoxy) is 1. The zero-order valence-electron chi connectivity index (χ0n) is 14.1. The largest absolute Gasteiger partial charge is 0.384 e. The third kappa shape index (κ3) is 2.80. The maximum atomic E-state index is 13.2. The van der Waals surface area contributed by atoms with Crippen molar-refractivity contribution in [3.63, 3.8) is 0 Å². The molecular formula is C16H23N5O3S. The number of fused-ring (bicyclic) bond motifs is 1. The molecule has 1 saturated heterocycles. The molecule has 0 radical (unpaired) electrons. The zero-order valence-corrected chi connectivity index (χ0v) is 14.9. The molecule has 0 bridgehead atoms. The van der Waals surface area contributed by atoms with E-state index in [1.165, 1.54) is 16.9 Å². The van der Waals surface area contributed by atoms with Gasteiger partial charge in [0, 0.05) is 31.5 Å². The van der Waals surface area contributed by atoms with E-state index in [1.54, 1.807) is 6.20 Å². The number of sulfonamides is 1. The molecule has 25 heavy (non-hydrogen) atoms. The van der Waals surface area contributed by atoms with E-state index < -0.39 is 10.0 Å². The van der Waals surface area contributed by atoms with Crippen LogP contribution in [0.15, 0.2) is 17.3 Å². The molecule has 2 fully saturated rings. The number of nitrogens with two attached hydrogens (primary N) is 1. The molecule has 1 saturated carbocycles. The average Bonchev–Trinajstić information content (AvgIpc) is 2.95. The van der Waals surface area contributed by atoms with Crippen molar-refractivity contribution >= 4 is 27.0 Å². The number of aromatic nitrogens is 3. The normalized spacial score (nSPS) is 21.0. The molecule has 2 N–H and O–H groups in total. The van der Waals surface area contributed by atoms with E-state index >= 15 is 0 Å². The Bertz CT molecular complexity index is 867. The van der Waals surface area contributed by atoms with Crippen LogP contribution in [0.5, 0.6) is 0 Å². The van der Waals surface area contributed by atoms with Crippen molar-refractivity contribution in [1.82, 2.24) is 18.8 Å². The predicted molar refractivity (Wildman–Crippen MR) is 93.6 cm³/mol. The van der Waals surface area contributed by atoms with Gasteiger partial charge in [-0.05, 0) is 12.8 Å². The van der Waals surface area contributed by atoms with Gasteiger partial charge in [0.1, 0.15) is 11.3 Å². The lowest BCUT2D eigenvalue weighted by Crippen LogP contribution is -2.40. The lowest BCUT2D eigenvalue weighted by molar-refractivity contribution is 0.0730. The van der Waals surface area contributed by atoms with Crippen LogP contribution in [0, 0.1) is 0 Å². The van der Waals surface area contributed by atoms with Crippen molar-refractivity contribution < 1.29 is 13.2 Å². The summed E-state index contributed by atoms with van der Waals surface area (Å²) in [4.78, 5) is 8.83. The number of nitrogen functional groups attached to an aromatic ring is 1. The summed E-state index contributed by atoms with van der Waals surface area (Å²) in [5.74, 6) is 0.264. The summed E-state index contributed by atoms with van der Waals surface area (Å²) in [7, 11) is -3.73.